The SMILES string of the molecule is CCNC(=NCCc1ccn(-c2ccccc2)n1)N1CC2C3CCC(O3)C2C1. The Bertz CT molecular complexity index is 814. The van der Waals surface area contributed by atoms with Crippen molar-refractivity contribution in [1.82, 2.24) is 20.0 Å². The van der Waals surface area contributed by atoms with Gasteiger partial charge >= 0.3 is 0 Å². The Kier molecular flexibility index (Phi) is 4.81. The summed E-state index contributed by atoms with van der Waals surface area (Å²) >= 11 is 0. The minimum Gasteiger partial charge on any atom is -0.374 e. The molecule has 2 bridgehead atoms. The van der Waals surface area contributed by atoms with Crippen molar-refractivity contribution >= 4 is 5.96 Å². The Balaban J connectivity index is 1.21. The maximum atomic E-state index is 6.11. The molecule has 0 spiro atoms. The smallest absolute Gasteiger partial charge is 0.193 e. The van der Waals surface area contributed by atoms with Gasteiger partial charge in [0, 0.05) is 50.6 Å². The molecule has 1 aromatic heterocycles. The lowest BCUT2D eigenvalue weighted by atomic mass is 9.82. The van der Waals surface area contributed by atoms with Gasteiger partial charge in [-0.2, -0.15) is 5.10 Å². The van der Waals surface area contributed by atoms with Crippen LogP contribution in [0.3, 0.4) is 0 Å². The topological polar surface area (TPSA) is 54.7 Å². The average Bonchev–Trinajstić information content (AvgIpc) is 3.49. The lowest BCUT2D eigenvalue weighted by Gasteiger charge is -2.23. The summed E-state index contributed by atoms with van der Waals surface area (Å²) in [5, 5.41) is 8.18. The fraction of sp³-hybridized carbons (Fsp3) is 0.545. The maximum Gasteiger partial charge on any atom is 0.193 e. The summed E-state index contributed by atoms with van der Waals surface area (Å²) in [5.41, 5.74) is 2.17. The molecule has 0 amide bonds. The van der Waals surface area contributed by atoms with Gasteiger partial charge in [0.1, 0.15) is 0 Å². The van der Waals surface area contributed by atoms with Crippen molar-refractivity contribution in [2.45, 2.75) is 38.4 Å². The van der Waals surface area contributed by atoms with Crippen LogP contribution in [0.4, 0.5) is 0 Å². The minimum atomic E-state index is 0.491. The summed E-state index contributed by atoms with van der Waals surface area (Å²) in [6.07, 6.45) is 6.35. The van der Waals surface area contributed by atoms with Gasteiger partial charge < -0.3 is 15.0 Å². The van der Waals surface area contributed by atoms with Gasteiger partial charge in [-0.25, -0.2) is 4.68 Å². The van der Waals surface area contributed by atoms with Crippen LogP contribution in [0.25, 0.3) is 5.69 Å². The molecule has 0 aliphatic carbocycles. The molecule has 6 heteroatoms. The van der Waals surface area contributed by atoms with Crippen LogP contribution in [0.15, 0.2) is 47.6 Å². The van der Waals surface area contributed by atoms with Gasteiger partial charge in [0.25, 0.3) is 0 Å². The van der Waals surface area contributed by atoms with Crippen molar-refractivity contribution in [2.24, 2.45) is 16.8 Å². The molecule has 3 aliphatic heterocycles. The van der Waals surface area contributed by atoms with Crippen molar-refractivity contribution in [2.75, 3.05) is 26.2 Å². The van der Waals surface area contributed by atoms with Crippen LogP contribution >= 0.6 is 0 Å². The number of nitrogens with one attached hydrogen (secondary N) is 1. The van der Waals surface area contributed by atoms with Crippen LogP contribution < -0.4 is 5.32 Å². The van der Waals surface area contributed by atoms with E-state index in [9.17, 15) is 0 Å². The second kappa shape index (κ2) is 7.59. The van der Waals surface area contributed by atoms with E-state index in [1.807, 2.05) is 29.1 Å². The zero-order valence-electron chi connectivity index (χ0n) is 16.5. The molecule has 1 aromatic carbocycles. The van der Waals surface area contributed by atoms with Crippen molar-refractivity contribution in [3.05, 3.63) is 48.3 Å². The van der Waals surface area contributed by atoms with Gasteiger partial charge in [0.05, 0.1) is 23.6 Å². The first-order chi connectivity index (χ1) is 13.8. The van der Waals surface area contributed by atoms with Gasteiger partial charge in [0.15, 0.2) is 5.96 Å². The Morgan fingerprint density at radius 2 is 1.89 bits per heavy atom. The van der Waals surface area contributed by atoms with E-state index in [1.165, 1.54) is 12.8 Å². The highest BCUT2D eigenvalue weighted by Crippen LogP contribution is 2.47. The van der Waals surface area contributed by atoms with Crippen LogP contribution in [0.1, 0.15) is 25.5 Å². The summed E-state index contributed by atoms with van der Waals surface area (Å²) in [6, 6.07) is 12.3. The number of benzene rings is 1. The Morgan fingerprint density at radius 3 is 2.61 bits per heavy atom. The molecule has 3 fully saturated rings. The van der Waals surface area contributed by atoms with Crippen LogP contribution in [-0.2, 0) is 11.2 Å². The molecule has 28 heavy (non-hydrogen) atoms. The summed E-state index contributed by atoms with van der Waals surface area (Å²) in [6.45, 7) is 5.96. The number of guanidine groups is 1. The van der Waals surface area contributed by atoms with Crippen LogP contribution in [0.2, 0.25) is 0 Å². The molecule has 0 radical (unpaired) electrons. The van der Waals surface area contributed by atoms with Crippen LogP contribution in [-0.4, -0.2) is 59.0 Å². The van der Waals surface area contributed by atoms with Crippen molar-refractivity contribution in [3.8, 4) is 5.69 Å². The van der Waals surface area contributed by atoms with Crippen molar-refractivity contribution in [1.29, 1.82) is 0 Å². The molecule has 148 valence electrons. The highest BCUT2D eigenvalue weighted by Gasteiger charge is 2.53. The molecule has 4 atom stereocenters. The van der Waals surface area contributed by atoms with E-state index < -0.39 is 0 Å². The number of aromatic nitrogens is 2. The van der Waals surface area contributed by atoms with Crippen LogP contribution in [0, 0.1) is 11.8 Å². The van der Waals surface area contributed by atoms with Crippen molar-refractivity contribution in [3.63, 3.8) is 0 Å². The first kappa shape index (κ1) is 17.7. The monoisotopic (exact) mass is 379 g/mol. The van der Waals surface area contributed by atoms with E-state index in [0.717, 1.165) is 49.9 Å². The second-order valence-electron chi connectivity index (χ2n) is 8.10. The average molecular weight is 380 g/mol. The number of hydrogen-bond acceptors (Lipinski definition) is 3. The normalized spacial score (nSPS) is 28.8. The Hall–Kier alpha value is -2.34. The summed E-state index contributed by atoms with van der Waals surface area (Å²) in [7, 11) is 0. The molecular weight excluding hydrogens is 350 g/mol. The first-order valence-electron chi connectivity index (χ1n) is 10.6. The third-order valence-electron chi connectivity index (χ3n) is 6.38. The molecular formula is C22H29N5O. The van der Waals surface area contributed by atoms with Crippen molar-refractivity contribution < 1.29 is 4.74 Å². The van der Waals surface area contributed by atoms with Gasteiger partial charge in [0.2, 0.25) is 0 Å². The molecule has 2 aromatic rings. The predicted octanol–water partition coefficient (Wildman–Crippen LogP) is 2.49. The summed E-state index contributed by atoms with van der Waals surface area (Å²) in [5.74, 6) is 2.45. The second-order valence-corrected chi connectivity index (χ2v) is 8.10. The first-order valence-corrected chi connectivity index (χ1v) is 10.6. The molecule has 6 nitrogen and oxygen atoms in total. The van der Waals surface area contributed by atoms with Gasteiger partial charge in [-0.1, -0.05) is 18.2 Å². The Labute approximate surface area is 166 Å². The lowest BCUT2D eigenvalue weighted by Crippen LogP contribution is -2.41. The van der Waals surface area contributed by atoms with E-state index in [-0.39, 0.29) is 0 Å². The molecule has 5 rings (SSSR count). The highest BCUT2D eigenvalue weighted by molar-refractivity contribution is 5.80. The molecule has 3 saturated heterocycles. The number of para-hydroxylation sites is 1. The summed E-state index contributed by atoms with van der Waals surface area (Å²) < 4.78 is 8.04. The molecule has 3 aliphatic rings. The number of ether oxygens (including phenoxy) is 1. The number of aliphatic imine (C=N–C) groups is 1. The largest absolute Gasteiger partial charge is 0.374 e. The number of hydrogen-bond donors (Lipinski definition) is 1. The predicted molar refractivity (Wildman–Crippen MR) is 110 cm³/mol. The summed E-state index contributed by atoms with van der Waals surface area (Å²) in [4.78, 5) is 7.37. The van der Waals surface area contributed by atoms with Gasteiger partial charge in [-0.15, -0.1) is 0 Å². The molecule has 0 saturated carbocycles. The fourth-order valence-electron chi connectivity index (χ4n) is 5.05. The quantitative estimate of drug-likeness (QED) is 0.641. The number of likely N-dealkylation sites (tertiary alicyclic amines) is 1. The van der Waals surface area contributed by atoms with Gasteiger partial charge in [-0.3, -0.25) is 4.99 Å². The standard InChI is InChI=1S/C22H29N5O/c1-2-23-22(26-14-18-19(15-26)21-9-8-20(18)28-21)24-12-10-16-11-13-27(25-16)17-6-4-3-5-7-17/h3-7,11,13,18-21H,2,8-10,12,14-15H2,1H3,(H,23,24). The van der Waals surface area contributed by atoms with Crippen LogP contribution in [0.5, 0.6) is 0 Å². The number of rotatable bonds is 5. The number of nitrogens with zero attached hydrogens (tertiary/aromatic N) is 4. The van der Waals surface area contributed by atoms with E-state index in [4.69, 9.17) is 14.8 Å². The third kappa shape index (κ3) is 3.30. The van der Waals surface area contributed by atoms with E-state index >= 15 is 0 Å². The zero-order chi connectivity index (χ0) is 18.9. The minimum absolute atomic E-state index is 0.491. The zero-order valence-corrected chi connectivity index (χ0v) is 16.5. The third-order valence-corrected chi connectivity index (χ3v) is 6.38. The van der Waals surface area contributed by atoms with E-state index in [1.54, 1.807) is 0 Å². The van der Waals surface area contributed by atoms with Gasteiger partial charge in [-0.05, 0) is 38.0 Å². The lowest BCUT2D eigenvalue weighted by molar-refractivity contribution is 0.0767. The molecule has 1 N–H and O–H groups in total. The molecule has 4 unspecified atom stereocenters. The highest BCUT2D eigenvalue weighted by atomic mass is 16.5. The fourth-order valence-corrected chi connectivity index (χ4v) is 5.05. The Morgan fingerprint density at radius 1 is 1.14 bits per heavy atom. The van der Waals surface area contributed by atoms with E-state index in [2.05, 4.69) is 35.3 Å². The van der Waals surface area contributed by atoms with E-state index in [0.29, 0.717) is 24.0 Å². The number of fused-ring (bicyclic) bond motifs is 5. The molecule has 4 heterocycles. The maximum absolute atomic E-state index is 6.11.